The molecule has 2 amide bonds. The standard InChI is InChI=1S/C20H23N3O4/c1-3-4-9-23(2)20(25)15-7-8-21-16(11-15)19(24)22-12-14-5-6-17-18(10-14)27-13-26-17/h5-8,10-11H,3-4,9,12-13H2,1-2H3,(H,22,24). The lowest BCUT2D eigenvalue weighted by molar-refractivity contribution is 0.0793. The van der Waals surface area contributed by atoms with Crippen molar-refractivity contribution < 1.29 is 19.1 Å². The summed E-state index contributed by atoms with van der Waals surface area (Å²) in [7, 11) is 1.76. The van der Waals surface area contributed by atoms with Crippen LogP contribution in [0, 0.1) is 0 Å². The predicted molar refractivity (Wildman–Crippen MR) is 99.8 cm³/mol. The lowest BCUT2D eigenvalue weighted by Crippen LogP contribution is -2.29. The van der Waals surface area contributed by atoms with Crippen molar-refractivity contribution in [2.45, 2.75) is 26.3 Å². The molecule has 2 heterocycles. The maximum absolute atomic E-state index is 12.5. The number of hydrogen-bond donors (Lipinski definition) is 1. The number of ether oxygens (including phenoxy) is 2. The molecule has 142 valence electrons. The zero-order chi connectivity index (χ0) is 19.2. The number of rotatable bonds is 7. The van der Waals surface area contributed by atoms with Crippen LogP contribution in [0.25, 0.3) is 0 Å². The number of carbonyl (C=O) groups is 2. The van der Waals surface area contributed by atoms with Crippen LogP contribution >= 0.6 is 0 Å². The highest BCUT2D eigenvalue weighted by Gasteiger charge is 2.16. The summed E-state index contributed by atoms with van der Waals surface area (Å²) in [5.41, 5.74) is 1.56. The Morgan fingerprint density at radius 1 is 1.19 bits per heavy atom. The monoisotopic (exact) mass is 369 g/mol. The van der Waals surface area contributed by atoms with Gasteiger partial charge in [-0.2, -0.15) is 0 Å². The second kappa shape index (κ2) is 8.53. The normalized spacial score (nSPS) is 11.9. The van der Waals surface area contributed by atoms with Gasteiger partial charge in [0.05, 0.1) is 0 Å². The highest BCUT2D eigenvalue weighted by atomic mass is 16.7. The van der Waals surface area contributed by atoms with Crippen LogP contribution < -0.4 is 14.8 Å². The van der Waals surface area contributed by atoms with Crippen LogP contribution in [-0.4, -0.2) is 42.1 Å². The van der Waals surface area contributed by atoms with Gasteiger partial charge < -0.3 is 19.7 Å². The number of benzene rings is 1. The summed E-state index contributed by atoms with van der Waals surface area (Å²) in [6.45, 7) is 3.30. The maximum Gasteiger partial charge on any atom is 0.270 e. The van der Waals surface area contributed by atoms with E-state index in [9.17, 15) is 9.59 Å². The topological polar surface area (TPSA) is 80.8 Å². The molecule has 1 aromatic heterocycles. The first-order valence-corrected chi connectivity index (χ1v) is 8.96. The van der Waals surface area contributed by atoms with Crippen molar-refractivity contribution >= 4 is 11.8 Å². The Kier molecular flexibility index (Phi) is 5.90. The van der Waals surface area contributed by atoms with Gasteiger partial charge in [0.25, 0.3) is 11.8 Å². The number of aromatic nitrogens is 1. The summed E-state index contributed by atoms with van der Waals surface area (Å²) in [6, 6.07) is 8.66. The second-order valence-corrected chi connectivity index (χ2v) is 6.38. The highest BCUT2D eigenvalue weighted by molar-refractivity contribution is 5.98. The largest absolute Gasteiger partial charge is 0.454 e. The smallest absolute Gasteiger partial charge is 0.270 e. The zero-order valence-electron chi connectivity index (χ0n) is 15.5. The van der Waals surface area contributed by atoms with E-state index in [0.29, 0.717) is 30.2 Å². The lowest BCUT2D eigenvalue weighted by Gasteiger charge is -2.16. The molecule has 2 aromatic rings. The molecular weight excluding hydrogens is 346 g/mol. The molecule has 7 nitrogen and oxygen atoms in total. The van der Waals surface area contributed by atoms with Crippen molar-refractivity contribution in [3.8, 4) is 11.5 Å². The van der Waals surface area contributed by atoms with Gasteiger partial charge in [-0.1, -0.05) is 19.4 Å². The molecule has 1 aliphatic rings. The zero-order valence-corrected chi connectivity index (χ0v) is 15.5. The molecule has 0 radical (unpaired) electrons. The first-order chi connectivity index (χ1) is 13.1. The van der Waals surface area contributed by atoms with Crippen molar-refractivity contribution in [3.05, 3.63) is 53.3 Å². The van der Waals surface area contributed by atoms with Crippen LogP contribution in [0.5, 0.6) is 11.5 Å². The Morgan fingerprint density at radius 2 is 2.00 bits per heavy atom. The Hall–Kier alpha value is -3.09. The van der Waals surface area contributed by atoms with Crippen molar-refractivity contribution in [2.75, 3.05) is 20.4 Å². The van der Waals surface area contributed by atoms with Gasteiger partial charge in [0.2, 0.25) is 6.79 Å². The minimum Gasteiger partial charge on any atom is -0.454 e. The molecule has 0 spiro atoms. The minimum atomic E-state index is -0.335. The van der Waals surface area contributed by atoms with Crippen LogP contribution in [0.2, 0.25) is 0 Å². The van der Waals surface area contributed by atoms with Crippen molar-refractivity contribution in [3.63, 3.8) is 0 Å². The van der Waals surface area contributed by atoms with Gasteiger partial charge in [0.15, 0.2) is 11.5 Å². The molecule has 1 N–H and O–H groups in total. The quantitative estimate of drug-likeness (QED) is 0.811. The molecule has 7 heteroatoms. The van der Waals surface area contributed by atoms with Gasteiger partial charge >= 0.3 is 0 Å². The van der Waals surface area contributed by atoms with E-state index < -0.39 is 0 Å². The van der Waals surface area contributed by atoms with E-state index in [-0.39, 0.29) is 24.3 Å². The fraction of sp³-hybridized carbons (Fsp3) is 0.350. The Bertz CT molecular complexity index is 838. The summed E-state index contributed by atoms with van der Waals surface area (Å²) >= 11 is 0. The fourth-order valence-electron chi connectivity index (χ4n) is 2.73. The molecule has 3 rings (SSSR count). The van der Waals surface area contributed by atoms with E-state index in [0.717, 1.165) is 18.4 Å². The molecule has 0 fully saturated rings. The lowest BCUT2D eigenvalue weighted by atomic mass is 10.1. The third kappa shape index (κ3) is 4.55. The number of nitrogens with one attached hydrogen (secondary N) is 1. The first kappa shape index (κ1) is 18.7. The average molecular weight is 369 g/mol. The second-order valence-electron chi connectivity index (χ2n) is 6.38. The third-order valence-corrected chi connectivity index (χ3v) is 4.32. The van der Waals surface area contributed by atoms with Crippen LogP contribution in [-0.2, 0) is 6.54 Å². The van der Waals surface area contributed by atoms with Crippen LogP contribution in [0.3, 0.4) is 0 Å². The van der Waals surface area contributed by atoms with Crippen LogP contribution in [0.4, 0.5) is 0 Å². The van der Waals surface area contributed by atoms with E-state index in [4.69, 9.17) is 9.47 Å². The number of amides is 2. The SMILES string of the molecule is CCCCN(C)C(=O)c1ccnc(C(=O)NCc2ccc3c(c2)OCO3)c1. The number of pyridine rings is 1. The van der Waals surface area contributed by atoms with Gasteiger partial charge in [0.1, 0.15) is 5.69 Å². The average Bonchev–Trinajstić information content (AvgIpc) is 3.17. The predicted octanol–water partition coefficient (Wildman–Crippen LogP) is 2.61. The summed E-state index contributed by atoms with van der Waals surface area (Å²) in [5.74, 6) is 0.918. The van der Waals surface area contributed by atoms with Crippen molar-refractivity contribution in [1.29, 1.82) is 0 Å². The number of hydrogen-bond acceptors (Lipinski definition) is 5. The van der Waals surface area contributed by atoms with E-state index in [1.165, 1.54) is 12.3 Å². The Morgan fingerprint density at radius 3 is 2.81 bits per heavy atom. The molecule has 27 heavy (non-hydrogen) atoms. The molecule has 0 saturated carbocycles. The van der Waals surface area contributed by atoms with Gasteiger partial charge in [-0.25, -0.2) is 0 Å². The Labute approximate surface area is 158 Å². The van der Waals surface area contributed by atoms with Crippen LogP contribution in [0.15, 0.2) is 36.5 Å². The third-order valence-electron chi connectivity index (χ3n) is 4.32. The number of unbranched alkanes of at least 4 members (excludes halogenated alkanes) is 1. The summed E-state index contributed by atoms with van der Waals surface area (Å²) < 4.78 is 10.6. The molecule has 0 unspecified atom stereocenters. The maximum atomic E-state index is 12.5. The molecule has 0 atom stereocenters. The number of carbonyl (C=O) groups excluding carboxylic acids is 2. The Balaban J connectivity index is 1.62. The van der Waals surface area contributed by atoms with Crippen molar-refractivity contribution in [1.82, 2.24) is 15.2 Å². The summed E-state index contributed by atoms with van der Waals surface area (Å²) in [6.07, 6.45) is 3.44. The van der Waals surface area contributed by atoms with Crippen molar-refractivity contribution in [2.24, 2.45) is 0 Å². The molecule has 0 saturated heterocycles. The summed E-state index contributed by atoms with van der Waals surface area (Å²) in [5, 5.41) is 2.81. The number of nitrogens with zero attached hydrogens (tertiary/aromatic N) is 2. The van der Waals surface area contributed by atoms with Gasteiger partial charge in [-0.15, -0.1) is 0 Å². The van der Waals surface area contributed by atoms with E-state index >= 15 is 0 Å². The van der Waals surface area contributed by atoms with E-state index in [2.05, 4.69) is 17.2 Å². The minimum absolute atomic E-state index is 0.115. The number of fused-ring (bicyclic) bond motifs is 1. The molecule has 0 bridgehead atoms. The fourth-order valence-corrected chi connectivity index (χ4v) is 2.73. The molecular formula is C20H23N3O4. The van der Waals surface area contributed by atoms with E-state index in [1.54, 1.807) is 18.0 Å². The molecule has 1 aliphatic heterocycles. The van der Waals surface area contributed by atoms with Gasteiger partial charge in [-0.3, -0.25) is 14.6 Å². The highest BCUT2D eigenvalue weighted by Crippen LogP contribution is 2.32. The van der Waals surface area contributed by atoms with Gasteiger partial charge in [-0.05, 0) is 36.2 Å². The molecule has 0 aliphatic carbocycles. The first-order valence-electron chi connectivity index (χ1n) is 8.96. The van der Waals surface area contributed by atoms with Gasteiger partial charge in [0, 0.05) is 31.9 Å². The van der Waals surface area contributed by atoms with E-state index in [1.807, 2.05) is 18.2 Å². The molecule has 1 aromatic carbocycles. The van der Waals surface area contributed by atoms with Crippen LogP contribution in [0.1, 0.15) is 46.2 Å². The summed E-state index contributed by atoms with van der Waals surface area (Å²) in [4.78, 5) is 30.6.